The molecule has 1 amide bonds. The van der Waals surface area contributed by atoms with E-state index in [1.54, 1.807) is 30.3 Å². The summed E-state index contributed by atoms with van der Waals surface area (Å²) in [6.07, 6.45) is 2.29. The number of hydrazone groups is 1. The van der Waals surface area contributed by atoms with Crippen molar-refractivity contribution in [1.29, 1.82) is 0 Å². The number of carbonyl (C=O) groups is 1. The summed E-state index contributed by atoms with van der Waals surface area (Å²) in [7, 11) is -4.03. The zero-order chi connectivity index (χ0) is 27.5. The second-order valence-electron chi connectivity index (χ2n) is 8.49. The van der Waals surface area contributed by atoms with E-state index in [1.165, 1.54) is 42.6 Å². The van der Waals surface area contributed by atoms with E-state index >= 15 is 0 Å². The molecule has 0 saturated heterocycles. The standard InChI is InChI=1S/C28H32FN3O5S/c1-4-16-37-26-15-10-23(17-27(26)36-5-2)18-30-31-28(33)20-32(19-22-8-11-24(29)12-9-22)38(34,35)25-13-6-21(3)7-14-25/h6-15,17-18H,4-5,16,19-20H2,1-3H3,(H,31,33)/b30-18-. The topological polar surface area (TPSA) is 97.3 Å². The van der Waals surface area contributed by atoms with E-state index in [2.05, 4.69) is 10.5 Å². The number of sulfonamides is 1. The first-order valence-electron chi connectivity index (χ1n) is 12.3. The van der Waals surface area contributed by atoms with E-state index in [0.29, 0.717) is 35.8 Å². The van der Waals surface area contributed by atoms with Crippen molar-refractivity contribution in [1.82, 2.24) is 9.73 Å². The van der Waals surface area contributed by atoms with Gasteiger partial charge in [0.15, 0.2) is 11.5 Å². The molecular formula is C28H32FN3O5S. The monoisotopic (exact) mass is 541 g/mol. The highest BCUT2D eigenvalue weighted by Crippen LogP contribution is 2.28. The van der Waals surface area contributed by atoms with E-state index in [4.69, 9.17) is 9.47 Å². The molecule has 0 saturated carbocycles. The van der Waals surface area contributed by atoms with Crippen LogP contribution in [-0.4, -0.2) is 44.6 Å². The number of ether oxygens (including phenoxy) is 2. The lowest BCUT2D eigenvalue weighted by Gasteiger charge is -2.21. The van der Waals surface area contributed by atoms with Crippen molar-refractivity contribution >= 4 is 22.1 Å². The van der Waals surface area contributed by atoms with Gasteiger partial charge in [-0.2, -0.15) is 9.41 Å². The number of aryl methyl sites for hydroxylation is 1. The quantitative estimate of drug-likeness (QED) is 0.251. The van der Waals surface area contributed by atoms with Crippen molar-refractivity contribution < 1.29 is 27.1 Å². The average molecular weight is 542 g/mol. The fraction of sp³-hybridized carbons (Fsp3) is 0.286. The Balaban J connectivity index is 1.75. The molecule has 3 aromatic carbocycles. The second kappa shape index (κ2) is 13.7. The van der Waals surface area contributed by atoms with E-state index in [-0.39, 0.29) is 11.4 Å². The molecule has 1 N–H and O–H groups in total. The summed E-state index contributed by atoms with van der Waals surface area (Å²) in [5.41, 5.74) is 4.48. The van der Waals surface area contributed by atoms with Gasteiger partial charge in [-0.15, -0.1) is 0 Å². The summed E-state index contributed by atoms with van der Waals surface area (Å²) < 4.78 is 52.4. The van der Waals surface area contributed by atoms with Gasteiger partial charge in [-0.3, -0.25) is 4.79 Å². The van der Waals surface area contributed by atoms with Crippen molar-refractivity contribution in [2.45, 2.75) is 38.6 Å². The maximum Gasteiger partial charge on any atom is 0.255 e. The second-order valence-corrected chi connectivity index (χ2v) is 10.4. The minimum absolute atomic E-state index is 0.0512. The highest BCUT2D eigenvalue weighted by Gasteiger charge is 2.27. The smallest absolute Gasteiger partial charge is 0.255 e. The summed E-state index contributed by atoms with van der Waals surface area (Å²) in [6, 6.07) is 17.1. The number of nitrogens with one attached hydrogen (secondary N) is 1. The molecule has 0 bridgehead atoms. The zero-order valence-corrected chi connectivity index (χ0v) is 22.5. The van der Waals surface area contributed by atoms with Crippen molar-refractivity contribution in [2.24, 2.45) is 5.10 Å². The minimum Gasteiger partial charge on any atom is -0.490 e. The Bertz CT molecular complexity index is 1340. The van der Waals surface area contributed by atoms with Crippen LogP contribution in [0, 0.1) is 12.7 Å². The Morgan fingerprint density at radius 1 is 1.00 bits per heavy atom. The van der Waals surface area contributed by atoms with Crippen LogP contribution in [-0.2, 0) is 21.4 Å². The maximum atomic E-state index is 13.4. The molecule has 0 aliphatic rings. The number of nitrogens with zero attached hydrogens (tertiary/aromatic N) is 2. The zero-order valence-electron chi connectivity index (χ0n) is 21.7. The molecule has 0 aromatic heterocycles. The molecule has 10 heteroatoms. The van der Waals surface area contributed by atoms with Gasteiger partial charge in [-0.25, -0.2) is 18.2 Å². The molecule has 0 spiro atoms. The lowest BCUT2D eigenvalue weighted by molar-refractivity contribution is -0.121. The van der Waals surface area contributed by atoms with Crippen LogP contribution in [0.5, 0.6) is 11.5 Å². The molecule has 38 heavy (non-hydrogen) atoms. The van der Waals surface area contributed by atoms with Gasteiger partial charge in [0.05, 0.1) is 30.9 Å². The van der Waals surface area contributed by atoms with Crippen molar-refractivity contribution in [3.05, 3.63) is 89.2 Å². The molecule has 3 aromatic rings. The summed E-state index contributed by atoms with van der Waals surface area (Å²) in [5.74, 6) is 0.108. The van der Waals surface area contributed by atoms with E-state index in [0.717, 1.165) is 16.3 Å². The van der Waals surface area contributed by atoms with Gasteiger partial charge < -0.3 is 9.47 Å². The average Bonchev–Trinajstić information content (AvgIpc) is 2.89. The van der Waals surface area contributed by atoms with Gasteiger partial charge in [0, 0.05) is 6.54 Å². The molecule has 202 valence electrons. The minimum atomic E-state index is -4.03. The van der Waals surface area contributed by atoms with Crippen LogP contribution in [0.15, 0.2) is 76.7 Å². The van der Waals surface area contributed by atoms with E-state index < -0.39 is 28.3 Å². The van der Waals surface area contributed by atoms with Gasteiger partial charge in [-0.05, 0) is 73.9 Å². The number of amides is 1. The third-order valence-corrected chi connectivity index (χ3v) is 7.19. The SMILES string of the molecule is CCCOc1ccc(/C=N\NC(=O)CN(Cc2ccc(F)cc2)S(=O)(=O)c2ccc(C)cc2)cc1OCC. The number of hydrogen-bond donors (Lipinski definition) is 1. The van der Waals surface area contributed by atoms with Gasteiger partial charge in [0.2, 0.25) is 10.0 Å². The first-order chi connectivity index (χ1) is 18.2. The van der Waals surface area contributed by atoms with Crippen LogP contribution in [0.1, 0.15) is 37.0 Å². The first-order valence-corrected chi connectivity index (χ1v) is 13.7. The molecule has 0 unspecified atom stereocenters. The third kappa shape index (κ3) is 8.12. The number of halogens is 1. The molecule has 0 atom stereocenters. The number of benzene rings is 3. The van der Waals surface area contributed by atoms with E-state index in [9.17, 15) is 17.6 Å². The molecule has 8 nitrogen and oxygen atoms in total. The summed E-state index contributed by atoms with van der Waals surface area (Å²) in [5, 5.41) is 3.98. The maximum absolute atomic E-state index is 13.4. The lowest BCUT2D eigenvalue weighted by atomic mass is 10.2. The van der Waals surface area contributed by atoms with Crippen molar-refractivity contribution in [2.75, 3.05) is 19.8 Å². The Morgan fingerprint density at radius 2 is 1.71 bits per heavy atom. The fourth-order valence-corrected chi connectivity index (χ4v) is 4.84. The number of carbonyl (C=O) groups excluding carboxylic acids is 1. The van der Waals surface area contributed by atoms with Gasteiger partial charge in [-0.1, -0.05) is 36.8 Å². The Kier molecular flexibility index (Phi) is 10.4. The molecule has 3 rings (SSSR count). The summed E-state index contributed by atoms with van der Waals surface area (Å²) in [4.78, 5) is 12.8. The molecule has 0 heterocycles. The molecule has 0 radical (unpaired) electrons. The van der Waals surface area contributed by atoms with Crippen LogP contribution < -0.4 is 14.9 Å². The van der Waals surface area contributed by atoms with Gasteiger partial charge in [0.1, 0.15) is 5.82 Å². The van der Waals surface area contributed by atoms with Gasteiger partial charge in [0.25, 0.3) is 5.91 Å². The van der Waals surface area contributed by atoms with Crippen LogP contribution in [0.3, 0.4) is 0 Å². The summed E-state index contributed by atoms with van der Waals surface area (Å²) >= 11 is 0. The van der Waals surface area contributed by atoms with Crippen LogP contribution in [0.2, 0.25) is 0 Å². The summed E-state index contributed by atoms with van der Waals surface area (Å²) in [6.45, 7) is 6.14. The predicted octanol–water partition coefficient (Wildman–Crippen LogP) is 4.66. The predicted molar refractivity (Wildman–Crippen MR) is 144 cm³/mol. The number of hydrogen-bond acceptors (Lipinski definition) is 6. The molecule has 0 aliphatic carbocycles. The Labute approximate surface area is 223 Å². The van der Waals surface area contributed by atoms with Crippen LogP contribution in [0.25, 0.3) is 0 Å². The Hall–Kier alpha value is -3.76. The van der Waals surface area contributed by atoms with Crippen LogP contribution >= 0.6 is 0 Å². The fourth-order valence-electron chi connectivity index (χ4n) is 3.46. The Morgan fingerprint density at radius 3 is 2.37 bits per heavy atom. The van der Waals surface area contributed by atoms with Gasteiger partial charge >= 0.3 is 0 Å². The molecule has 0 aliphatic heterocycles. The van der Waals surface area contributed by atoms with Crippen molar-refractivity contribution in [3.8, 4) is 11.5 Å². The van der Waals surface area contributed by atoms with Crippen LogP contribution in [0.4, 0.5) is 4.39 Å². The number of rotatable bonds is 13. The highest BCUT2D eigenvalue weighted by atomic mass is 32.2. The van der Waals surface area contributed by atoms with E-state index in [1.807, 2.05) is 20.8 Å². The first kappa shape index (κ1) is 28.8. The third-order valence-electron chi connectivity index (χ3n) is 5.38. The highest BCUT2D eigenvalue weighted by molar-refractivity contribution is 7.89. The lowest BCUT2D eigenvalue weighted by Crippen LogP contribution is -2.39. The molecular weight excluding hydrogens is 509 g/mol. The van der Waals surface area contributed by atoms with Crippen molar-refractivity contribution in [3.63, 3.8) is 0 Å². The normalized spacial score (nSPS) is 11.6. The largest absolute Gasteiger partial charge is 0.490 e. The molecule has 0 fully saturated rings.